The number of nitrogens with one attached hydrogen (secondary N) is 1. The number of nitrogens with zero attached hydrogens (tertiary/aromatic N) is 2. The number of halogens is 1. The fourth-order valence-electron chi connectivity index (χ4n) is 6.25. The number of primary amides is 1. The van der Waals surface area contributed by atoms with E-state index in [4.69, 9.17) is 10.7 Å². The van der Waals surface area contributed by atoms with Crippen molar-refractivity contribution in [2.24, 2.45) is 5.73 Å². The van der Waals surface area contributed by atoms with Crippen molar-refractivity contribution in [1.29, 1.82) is 0 Å². The number of pyridine rings is 2. The van der Waals surface area contributed by atoms with Crippen molar-refractivity contribution >= 4 is 22.7 Å². The molecule has 1 aromatic carbocycles. The van der Waals surface area contributed by atoms with Crippen LogP contribution in [0.2, 0.25) is 0 Å². The fraction of sp³-hybridized carbons (Fsp3) is 0.385. The van der Waals surface area contributed by atoms with Crippen molar-refractivity contribution in [3.05, 3.63) is 61.7 Å². The highest BCUT2D eigenvalue weighted by Crippen LogP contribution is 2.45. The first kappa shape index (κ1) is 21.9. The van der Waals surface area contributed by atoms with Gasteiger partial charge >= 0.3 is 6.03 Å². The van der Waals surface area contributed by atoms with E-state index in [2.05, 4.69) is 5.32 Å². The number of nitrogens with two attached hydrogens (primary N) is 1. The molecule has 0 saturated heterocycles. The molecule has 8 nitrogen and oxygen atoms in total. The average Bonchev–Trinajstić information content (AvgIpc) is 3.19. The van der Waals surface area contributed by atoms with Crippen molar-refractivity contribution in [3.8, 4) is 11.4 Å². The molecule has 9 heteroatoms. The number of Topliss-reactive ketones (excluding diaryl/α,β-unsaturated/α-hetero) is 1. The van der Waals surface area contributed by atoms with Crippen LogP contribution in [0.25, 0.3) is 22.3 Å². The van der Waals surface area contributed by atoms with Gasteiger partial charge < -0.3 is 20.7 Å². The first-order chi connectivity index (χ1) is 16.7. The Hall–Kier alpha value is -3.59. The molecule has 2 unspecified atom stereocenters. The molecule has 0 radical (unpaired) electrons. The van der Waals surface area contributed by atoms with Crippen LogP contribution < -0.4 is 16.6 Å². The predicted molar refractivity (Wildman–Crippen MR) is 127 cm³/mol. The van der Waals surface area contributed by atoms with E-state index in [1.165, 1.54) is 6.07 Å². The van der Waals surface area contributed by atoms with Crippen LogP contribution in [-0.4, -0.2) is 26.5 Å². The highest BCUT2D eigenvalue weighted by Gasteiger charge is 2.43. The van der Waals surface area contributed by atoms with Gasteiger partial charge in [-0.2, -0.15) is 0 Å². The second kappa shape index (κ2) is 7.21. The molecule has 2 atom stereocenters. The predicted octanol–water partition coefficient (Wildman–Crippen LogP) is 2.64. The normalized spacial score (nSPS) is 22.1. The molecule has 0 bridgehead atoms. The number of carbonyl (C=O) groups excluding carboxylic acids is 2. The summed E-state index contributed by atoms with van der Waals surface area (Å²) in [5.74, 6) is -0.663. The zero-order valence-corrected chi connectivity index (χ0v) is 19.5. The van der Waals surface area contributed by atoms with E-state index in [1.54, 1.807) is 24.5 Å². The van der Waals surface area contributed by atoms with Crippen molar-refractivity contribution < 1.29 is 19.1 Å². The van der Waals surface area contributed by atoms with Crippen LogP contribution in [0.1, 0.15) is 65.6 Å². The fourth-order valence-corrected chi connectivity index (χ4v) is 6.25. The summed E-state index contributed by atoms with van der Waals surface area (Å²) in [4.78, 5) is 42.8. The van der Waals surface area contributed by atoms with E-state index in [1.807, 2.05) is 0 Å². The molecular weight excluding hydrogens is 451 g/mol. The Labute approximate surface area is 200 Å². The molecule has 3 aliphatic rings. The molecule has 180 valence electrons. The van der Waals surface area contributed by atoms with E-state index in [0.717, 1.165) is 22.1 Å². The van der Waals surface area contributed by atoms with Gasteiger partial charge in [0.15, 0.2) is 5.78 Å². The molecule has 2 amide bonds. The number of carbonyl (C=O) groups is 2. The number of benzene rings is 1. The molecule has 2 aliphatic carbocycles. The van der Waals surface area contributed by atoms with Crippen molar-refractivity contribution in [2.75, 3.05) is 0 Å². The summed E-state index contributed by atoms with van der Waals surface area (Å²) < 4.78 is 16.4. The lowest BCUT2D eigenvalue weighted by Gasteiger charge is -2.32. The van der Waals surface area contributed by atoms with Crippen LogP contribution in [0, 0.1) is 12.7 Å². The maximum atomic E-state index is 14.8. The van der Waals surface area contributed by atoms with Crippen LogP contribution in [0.3, 0.4) is 0 Å². The Morgan fingerprint density at radius 2 is 2.03 bits per heavy atom. The molecule has 0 saturated carbocycles. The number of amides is 2. The molecule has 1 aliphatic heterocycles. The monoisotopic (exact) mass is 476 g/mol. The van der Waals surface area contributed by atoms with E-state index >= 15 is 0 Å². The van der Waals surface area contributed by atoms with Gasteiger partial charge in [0.1, 0.15) is 11.4 Å². The smallest absolute Gasteiger partial charge is 0.312 e. The van der Waals surface area contributed by atoms with Gasteiger partial charge in [-0.3, -0.25) is 9.59 Å². The molecule has 3 aromatic rings. The van der Waals surface area contributed by atoms with Gasteiger partial charge in [-0.15, -0.1) is 0 Å². The van der Waals surface area contributed by atoms with Crippen LogP contribution in [0.15, 0.2) is 16.9 Å². The molecule has 6 rings (SSSR count). The first-order valence-electron chi connectivity index (χ1n) is 11.9. The van der Waals surface area contributed by atoms with Crippen LogP contribution in [0.5, 0.6) is 0 Å². The number of aryl methyl sites for hydroxylation is 1. The average molecular weight is 477 g/mol. The number of fused-ring (bicyclic) bond motifs is 5. The van der Waals surface area contributed by atoms with Crippen LogP contribution in [-0.2, 0) is 29.8 Å². The van der Waals surface area contributed by atoms with Crippen molar-refractivity contribution in [3.63, 3.8) is 0 Å². The quantitative estimate of drug-likeness (QED) is 0.410. The highest BCUT2D eigenvalue weighted by molar-refractivity contribution is 5.94. The maximum Gasteiger partial charge on any atom is 0.312 e. The third kappa shape index (κ3) is 2.81. The van der Waals surface area contributed by atoms with Crippen molar-refractivity contribution in [1.82, 2.24) is 14.9 Å². The first-order valence-corrected chi connectivity index (χ1v) is 11.9. The van der Waals surface area contributed by atoms with E-state index in [-0.39, 0.29) is 43.0 Å². The molecule has 0 spiro atoms. The number of hydrogen-bond acceptors (Lipinski definition) is 5. The van der Waals surface area contributed by atoms with Gasteiger partial charge in [-0.05, 0) is 55.4 Å². The summed E-state index contributed by atoms with van der Waals surface area (Å²) >= 11 is 0. The Morgan fingerprint density at radius 3 is 2.74 bits per heavy atom. The van der Waals surface area contributed by atoms with Gasteiger partial charge in [0.25, 0.3) is 5.56 Å². The summed E-state index contributed by atoms with van der Waals surface area (Å²) in [7, 11) is 0. The summed E-state index contributed by atoms with van der Waals surface area (Å²) in [5.41, 5.74) is 8.66. The minimum absolute atomic E-state index is 0.110. The SMILES string of the molecule is CCC1(O)C(=O)CCc2c1cc1n(c2=O)Cc2c-1nc1cc(F)c(C)c3c1c2C(NC(N)=O)CC3. The number of urea groups is 1. The van der Waals surface area contributed by atoms with Gasteiger partial charge in [-0.25, -0.2) is 14.2 Å². The third-order valence-electron chi connectivity index (χ3n) is 8.07. The van der Waals surface area contributed by atoms with E-state index < -0.39 is 17.7 Å². The van der Waals surface area contributed by atoms with Gasteiger partial charge in [0.2, 0.25) is 0 Å². The van der Waals surface area contributed by atoms with Gasteiger partial charge in [0.05, 0.1) is 29.5 Å². The van der Waals surface area contributed by atoms with Crippen LogP contribution >= 0.6 is 0 Å². The Kier molecular flexibility index (Phi) is 4.51. The number of rotatable bonds is 2. The summed E-state index contributed by atoms with van der Waals surface area (Å²) in [6.45, 7) is 3.69. The molecule has 35 heavy (non-hydrogen) atoms. The van der Waals surface area contributed by atoms with Crippen molar-refractivity contribution in [2.45, 2.75) is 64.1 Å². The summed E-state index contributed by atoms with van der Waals surface area (Å²) in [5, 5.41) is 14.8. The number of hydrogen-bond donors (Lipinski definition) is 3. The summed E-state index contributed by atoms with van der Waals surface area (Å²) in [6.07, 6.45) is 1.64. The lowest BCUT2D eigenvalue weighted by atomic mass is 9.77. The maximum absolute atomic E-state index is 14.8. The zero-order valence-electron chi connectivity index (χ0n) is 19.5. The third-order valence-corrected chi connectivity index (χ3v) is 8.07. The number of aliphatic hydroxyl groups is 1. The molecule has 4 N–H and O–H groups in total. The van der Waals surface area contributed by atoms with E-state index in [9.17, 15) is 23.9 Å². The number of aromatic nitrogens is 2. The van der Waals surface area contributed by atoms with Gasteiger partial charge in [-0.1, -0.05) is 6.92 Å². The molecule has 3 heterocycles. The molecule has 0 fully saturated rings. The minimum Gasteiger partial charge on any atom is -0.377 e. The Morgan fingerprint density at radius 1 is 1.26 bits per heavy atom. The highest BCUT2D eigenvalue weighted by atomic mass is 19.1. The van der Waals surface area contributed by atoms with Crippen LogP contribution in [0.4, 0.5) is 9.18 Å². The second-order valence-electron chi connectivity index (χ2n) is 9.76. The van der Waals surface area contributed by atoms with E-state index in [0.29, 0.717) is 46.4 Å². The summed E-state index contributed by atoms with van der Waals surface area (Å²) in [6, 6.07) is 2.01. The minimum atomic E-state index is -1.72. The van der Waals surface area contributed by atoms with Gasteiger partial charge in [0, 0.05) is 34.6 Å². The lowest BCUT2D eigenvalue weighted by molar-refractivity contribution is -0.140. The standard InChI is InChI=1S/C26H25FN4O4/c1-3-26(35)15-8-19-23-14(10-31(19)24(33)13(15)5-7-20(26)32)22-17(30-25(28)34)6-4-12-11(2)16(27)9-18(29-23)21(12)22/h8-9,17,35H,3-7,10H2,1-2H3,(H3,28,30,34). The second-order valence-corrected chi connectivity index (χ2v) is 9.76. The molecule has 2 aromatic heterocycles. The Balaban J connectivity index is 1.68. The molecular formula is C26H25FN4O4. The topological polar surface area (TPSA) is 127 Å². The largest absolute Gasteiger partial charge is 0.377 e. The Bertz CT molecular complexity index is 1560. The zero-order chi connectivity index (χ0) is 24.8. The number of ketones is 1. The lowest BCUT2D eigenvalue weighted by Crippen LogP contribution is -2.43.